The number of carbonyl (C=O) groups is 1. The molecule has 1 saturated heterocycles. The molecule has 2 heterocycles. The van der Waals surface area contributed by atoms with E-state index in [1.807, 2.05) is 65.3 Å². The molecule has 4 rings (SSSR count). The molecule has 3 unspecified atom stereocenters. The maximum atomic E-state index is 13.0. The van der Waals surface area contributed by atoms with Crippen molar-refractivity contribution in [3.8, 4) is 0 Å². The lowest BCUT2D eigenvalue weighted by Gasteiger charge is -2.29. The third kappa shape index (κ3) is 3.77. The molecule has 1 aliphatic heterocycles. The van der Waals surface area contributed by atoms with E-state index < -0.39 is 0 Å². The van der Waals surface area contributed by atoms with Crippen LogP contribution in [0.15, 0.2) is 60.7 Å². The van der Waals surface area contributed by atoms with Crippen molar-refractivity contribution < 1.29 is 9.53 Å². The predicted molar refractivity (Wildman–Crippen MR) is 109 cm³/mol. The Morgan fingerprint density at radius 3 is 2.75 bits per heavy atom. The Labute approximate surface area is 170 Å². The van der Waals surface area contributed by atoms with Gasteiger partial charge in [-0.15, -0.1) is 0 Å². The van der Waals surface area contributed by atoms with Gasteiger partial charge in [-0.05, 0) is 49.6 Å². The number of benzene rings is 1. The van der Waals surface area contributed by atoms with Crippen molar-refractivity contribution in [2.45, 2.75) is 31.9 Å². The molecule has 1 aromatic heterocycles. The molecule has 1 aliphatic carbocycles. The highest BCUT2D eigenvalue weighted by Crippen LogP contribution is 2.31. The first-order chi connectivity index (χ1) is 13.5. The number of halogens is 1. The van der Waals surface area contributed by atoms with E-state index in [1.54, 1.807) is 7.11 Å². The summed E-state index contributed by atoms with van der Waals surface area (Å²) in [6.07, 6.45) is 11.4. The number of imidazole rings is 1. The van der Waals surface area contributed by atoms with Crippen LogP contribution in [0.3, 0.4) is 0 Å². The molecular formula is C22H24ClN3O2. The van der Waals surface area contributed by atoms with Crippen LogP contribution >= 0.6 is 11.6 Å². The number of nitrogens with zero attached hydrogens (tertiary/aromatic N) is 3. The monoisotopic (exact) mass is 397 g/mol. The van der Waals surface area contributed by atoms with Crippen molar-refractivity contribution >= 4 is 17.5 Å². The van der Waals surface area contributed by atoms with Crippen molar-refractivity contribution in [3.63, 3.8) is 0 Å². The summed E-state index contributed by atoms with van der Waals surface area (Å²) < 4.78 is 7.74. The SMILES string of the molecule is COC1C=C(N2CCC(Cc3ccc(Cl)cc3)C2=O)C=CC1n1cnc(C)c1. The molecule has 1 fully saturated rings. The van der Waals surface area contributed by atoms with Gasteiger partial charge in [0.15, 0.2) is 0 Å². The maximum Gasteiger partial charge on any atom is 0.230 e. The van der Waals surface area contributed by atoms with Crippen molar-refractivity contribution in [2.24, 2.45) is 5.92 Å². The summed E-state index contributed by atoms with van der Waals surface area (Å²) in [5.41, 5.74) is 3.03. The second-order valence-corrected chi connectivity index (χ2v) is 7.85. The number of amides is 1. The number of likely N-dealkylation sites (tertiary alicyclic amines) is 1. The molecule has 2 aliphatic rings. The quantitative estimate of drug-likeness (QED) is 0.767. The van der Waals surface area contributed by atoms with Gasteiger partial charge < -0.3 is 14.2 Å². The van der Waals surface area contributed by atoms with E-state index in [2.05, 4.69) is 11.1 Å². The molecule has 0 saturated carbocycles. The summed E-state index contributed by atoms with van der Waals surface area (Å²) in [5.74, 6) is 0.183. The molecule has 0 bridgehead atoms. The average molecular weight is 398 g/mol. The summed E-state index contributed by atoms with van der Waals surface area (Å²) in [6.45, 7) is 2.70. The van der Waals surface area contributed by atoms with Crippen molar-refractivity contribution in [1.82, 2.24) is 14.5 Å². The fourth-order valence-corrected chi connectivity index (χ4v) is 4.10. The highest BCUT2D eigenvalue weighted by Gasteiger charge is 2.35. The van der Waals surface area contributed by atoms with Crippen molar-refractivity contribution in [1.29, 1.82) is 0 Å². The van der Waals surface area contributed by atoms with E-state index in [-0.39, 0.29) is 24.0 Å². The Morgan fingerprint density at radius 1 is 1.29 bits per heavy atom. The molecule has 3 atom stereocenters. The Bertz CT molecular complexity index is 916. The summed E-state index contributed by atoms with van der Waals surface area (Å²) in [4.78, 5) is 19.2. The van der Waals surface area contributed by atoms with Gasteiger partial charge in [0.2, 0.25) is 5.91 Å². The van der Waals surface area contributed by atoms with Crippen LogP contribution in [0.1, 0.15) is 23.7 Å². The minimum atomic E-state index is -0.142. The van der Waals surface area contributed by atoms with E-state index in [0.29, 0.717) is 5.02 Å². The smallest absolute Gasteiger partial charge is 0.230 e. The number of allylic oxidation sites excluding steroid dienone is 1. The number of hydrogen-bond acceptors (Lipinski definition) is 3. The second-order valence-electron chi connectivity index (χ2n) is 7.41. The van der Waals surface area contributed by atoms with E-state index >= 15 is 0 Å². The lowest BCUT2D eigenvalue weighted by Crippen LogP contribution is -2.31. The zero-order valence-electron chi connectivity index (χ0n) is 16.1. The van der Waals surface area contributed by atoms with Gasteiger partial charge in [0, 0.05) is 36.5 Å². The number of hydrogen-bond donors (Lipinski definition) is 0. The molecule has 5 nitrogen and oxygen atoms in total. The number of aryl methyl sites for hydroxylation is 1. The first-order valence-corrected chi connectivity index (χ1v) is 9.91. The molecule has 0 N–H and O–H groups in total. The van der Waals surface area contributed by atoms with Crippen LogP contribution in [0.2, 0.25) is 5.02 Å². The third-order valence-electron chi connectivity index (χ3n) is 5.51. The zero-order valence-corrected chi connectivity index (χ0v) is 16.8. The Kier molecular flexibility index (Phi) is 5.38. The second kappa shape index (κ2) is 7.94. The number of methoxy groups -OCH3 is 1. The van der Waals surface area contributed by atoms with Crippen molar-refractivity contribution in [2.75, 3.05) is 13.7 Å². The van der Waals surface area contributed by atoms with E-state index in [4.69, 9.17) is 16.3 Å². The number of aromatic nitrogens is 2. The van der Waals surface area contributed by atoms with Gasteiger partial charge in [-0.25, -0.2) is 4.98 Å². The largest absolute Gasteiger partial charge is 0.375 e. The van der Waals surface area contributed by atoms with Crippen LogP contribution < -0.4 is 0 Å². The normalized spacial score (nSPS) is 24.7. The number of ether oxygens (including phenoxy) is 1. The van der Waals surface area contributed by atoms with Gasteiger partial charge in [-0.3, -0.25) is 4.79 Å². The number of carbonyl (C=O) groups excluding carboxylic acids is 1. The topological polar surface area (TPSA) is 47.4 Å². The molecule has 146 valence electrons. The van der Waals surface area contributed by atoms with Gasteiger partial charge in [-0.2, -0.15) is 0 Å². The lowest BCUT2D eigenvalue weighted by molar-refractivity contribution is -0.129. The summed E-state index contributed by atoms with van der Waals surface area (Å²) >= 11 is 5.96. The maximum absolute atomic E-state index is 13.0. The van der Waals surface area contributed by atoms with Gasteiger partial charge in [-0.1, -0.05) is 29.8 Å². The molecule has 0 radical (unpaired) electrons. The summed E-state index contributed by atoms with van der Waals surface area (Å²) in [5, 5.41) is 0.717. The lowest BCUT2D eigenvalue weighted by atomic mass is 9.98. The van der Waals surface area contributed by atoms with Crippen LogP contribution in [0, 0.1) is 12.8 Å². The standard InChI is InChI=1S/C22H24ClN3O2/c1-15-13-25(14-24-15)20-8-7-19(12-21(20)28-2)26-10-9-17(22(26)27)11-16-3-5-18(23)6-4-16/h3-8,12-14,17,20-21H,9-11H2,1-2H3. The van der Waals surface area contributed by atoms with Gasteiger partial charge >= 0.3 is 0 Å². The van der Waals surface area contributed by atoms with Crippen LogP contribution in [-0.2, 0) is 16.0 Å². The molecule has 0 spiro atoms. The van der Waals surface area contributed by atoms with Crippen molar-refractivity contribution in [3.05, 3.63) is 77.0 Å². The Hall–Kier alpha value is -2.37. The minimum absolute atomic E-state index is 0.00509. The summed E-state index contributed by atoms with van der Waals surface area (Å²) in [7, 11) is 1.70. The Balaban J connectivity index is 1.47. The van der Waals surface area contributed by atoms with Gasteiger partial charge in [0.1, 0.15) is 6.10 Å². The summed E-state index contributed by atoms with van der Waals surface area (Å²) in [6, 6.07) is 7.79. The van der Waals surface area contributed by atoms with E-state index in [0.717, 1.165) is 36.3 Å². The van der Waals surface area contributed by atoms with Crippen LogP contribution in [-0.4, -0.2) is 40.1 Å². The third-order valence-corrected chi connectivity index (χ3v) is 5.76. The van der Waals surface area contributed by atoms with Crippen LogP contribution in [0.25, 0.3) is 0 Å². The highest BCUT2D eigenvalue weighted by molar-refractivity contribution is 6.30. The van der Waals surface area contributed by atoms with E-state index in [9.17, 15) is 4.79 Å². The average Bonchev–Trinajstić information content (AvgIpc) is 3.29. The molecule has 6 heteroatoms. The molecule has 2 aromatic rings. The fraction of sp³-hybridized carbons (Fsp3) is 0.364. The van der Waals surface area contributed by atoms with Gasteiger partial charge in [0.25, 0.3) is 0 Å². The van der Waals surface area contributed by atoms with Crippen LogP contribution in [0.4, 0.5) is 0 Å². The van der Waals surface area contributed by atoms with Gasteiger partial charge in [0.05, 0.1) is 18.1 Å². The minimum Gasteiger partial charge on any atom is -0.375 e. The van der Waals surface area contributed by atoms with E-state index in [1.165, 1.54) is 0 Å². The highest BCUT2D eigenvalue weighted by atomic mass is 35.5. The zero-order chi connectivity index (χ0) is 19.7. The molecule has 1 amide bonds. The first-order valence-electron chi connectivity index (χ1n) is 9.54. The predicted octanol–water partition coefficient (Wildman–Crippen LogP) is 3.95. The molecule has 1 aromatic carbocycles. The first kappa shape index (κ1) is 19.0. The number of rotatable bonds is 5. The van der Waals surface area contributed by atoms with Crippen LogP contribution in [0.5, 0.6) is 0 Å². The Morgan fingerprint density at radius 2 is 2.07 bits per heavy atom. The molecular weight excluding hydrogens is 374 g/mol. The fourth-order valence-electron chi connectivity index (χ4n) is 3.98. The molecule has 28 heavy (non-hydrogen) atoms.